The third kappa shape index (κ3) is 3.51. The van der Waals surface area contributed by atoms with Crippen LogP contribution < -0.4 is 11.1 Å². The topological polar surface area (TPSA) is 55.1 Å². The molecule has 1 amide bonds. The van der Waals surface area contributed by atoms with Crippen LogP contribution in [0.4, 0.5) is 0 Å². The Labute approximate surface area is 103 Å². The van der Waals surface area contributed by atoms with Crippen LogP contribution in [0.25, 0.3) is 0 Å². The minimum absolute atomic E-state index is 0. The lowest BCUT2D eigenvalue weighted by Gasteiger charge is -2.25. The molecule has 1 aromatic carbocycles. The lowest BCUT2D eigenvalue weighted by atomic mass is 9.92. The molecule has 0 saturated heterocycles. The molecule has 4 heteroatoms. The van der Waals surface area contributed by atoms with E-state index in [1.54, 1.807) is 6.92 Å². The Morgan fingerprint density at radius 2 is 1.81 bits per heavy atom. The van der Waals surface area contributed by atoms with Crippen LogP contribution >= 0.6 is 12.4 Å². The Balaban J connectivity index is 0.00000225. The molecule has 3 N–H and O–H groups in total. The van der Waals surface area contributed by atoms with Crippen LogP contribution in [0.15, 0.2) is 30.3 Å². The first-order chi connectivity index (χ1) is 6.94. The van der Waals surface area contributed by atoms with Crippen molar-refractivity contribution in [2.45, 2.75) is 32.4 Å². The van der Waals surface area contributed by atoms with E-state index in [2.05, 4.69) is 5.32 Å². The highest BCUT2D eigenvalue weighted by Gasteiger charge is 2.30. The van der Waals surface area contributed by atoms with Crippen LogP contribution in [0.1, 0.15) is 26.3 Å². The van der Waals surface area contributed by atoms with Crippen molar-refractivity contribution in [1.82, 2.24) is 5.32 Å². The molecule has 0 bridgehead atoms. The van der Waals surface area contributed by atoms with Crippen molar-refractivity contribution in [3.63, 3.8) is 0 Å². The van der Waals surface area contributed by atoms with E-state index in [0.29, 0.717) is 0 Å². The smallest absolute Gasteiger partial charge is 0.244 e. The van der Waals surface area contributed by atoms with Crippen LogP contribution in [-0.4, -0.2) is 11.9 Å². The quantitative estimate of drug-likeness (QED) is 0.850. The van der Waals surface area contributed by atoms with E-state index in [4.69, 9.17) is 5.73 Å². The highest BCUT2D eigenvalue weighted by atomic mass is 35.5. The highest BCUT2D eigenvalue weighted by Crippen LogP contribution is 2.17. The Morgan fingerprint density at radius 1 is 1.31 bits per heavy atom. The van der Waals surface area contributed by atoms with Gasteiger partial charge in [0.25, 0.3) is 0 Å². The molecular weight excluding hydrogens is 224 g/mol. The average molecular weight is 243 g/mol. The van der Waals surface area contributed by atoms with E-state index in [0.717, 1.165) is 5.56 Å². The molecule has 0 saturated carbocycles. The van der Waals surface area contributed by atoms with Crippen molar-refractivity contribution in [3.8, 4) is 0 Å². The first kappa shape index (κ1) is 14.9. The van der Waals surface area contributed by atoms with Crippen LogP contribution in [0, 0.1) is 0 Å². The molecule has 0 aliphatic rings. The van der Waals surface area contributed by atoms with Crippen molar-refractivity contribution in [3.05, 3.63) is 35.9 Å². The number of hydrogen-bond acceptors (Lipinski definition) is 2. The number of hydrogen-bond donors (Lipinski definition) is 2. The average Bonchev–Trinajstić information content (AvgIpc) is 2.18. The van der Waals surface area contributed by atoms with Gasteiger partial charge in [-0.2, -0.15) is 0 Å². The molecule has 0 spiro atoms. The predicted molar refractivity (Wildman–Crippen MR) is 68.5 cm³/mol. The monoisotopic (exact) mass is 242 g/mol. The minimum atomic E-state index is -0.967. The molecule has 1 aromatic rings. The zero-order chi connectivity index (χ0) is 11.5. The van der Waals surface area contributed by atoms with Crippen molar-refractivity contribution < 1.29 is 4.79 Å². The molecule has 0 heterocycles. The number of carbonyl (C=O) groups excluding carboxylic acids is 1. The van der Waals surface area contributed by atoms with Crippen molar-refractivity contribution in [2.24, 2.45) is 5.73 Å². The van der Waals surface area contributed by atoms with E-state index in [1.165, 1.54) is 0 Å². The second kappa shape index (κ2) is 5.87. The van der Waals surface area contributed by atoms with Crippen molar-refractivity contribution in [1.29, 1.82) is 0 Å². The molecular formula is C12H19ClN2O. The Morgan fingerprint density at radius 3 is 2.25 bits per heavy atom. The van der Waals surface area contributed by atoms with Gasteiger partial charge >= 0.3 is 0 Å². The molecule has 0 aliphatic heterocycles. The van der Waals surface area contributed by atoms with E-state index in [-0.39, 0.29) is 24.4 Å². The van der Waals surface area contributed by atoms with Gasteiger partial charge in [0, 0.05) is 6.04 Å². The van der Waals surface area contributed by atoms with Gasteiger partial charge in [-0.05, 0) is 26.3 Å². The largest absolute Gasteiger partial charge is 0.352 e. The van der Waals surface area contributed by atoms with Gasteiger partial charge < -0.3 is 11.1 Å². The van der Waals surface area contributed by atoms with Gasteiger partial charge in [0.2, 0.25) is 5.91 Å². The fourth-order valence-electron chi connectivity index (χ4n) is 1.33. The highest BCUT2D eigenvalue weighted by molar-refractivity contribution is 5.87. The van der Waals surface area contributed by atoms with Crippen LogP contribution in [0.3, 0.4) is 0 Å². The first-order valence-corrected chi connectivity index (χ1v) is 5.10. The summed E-state index contributed by atoms with van der Waals surface area (Å²) in [6.45, 7) is 5.55. The molecule has 0 fully saturated rings. The lowest BCUT2D eigenvalue weighted by Crippen LogP contribution is -2.50. The van der Waals surface area contributed by atoms with Crippen LogP contribution in [-0.2, 0) is 10.3 Å². The number of benzene rings is 1. The summed E-state index contributed by atoms with van der Waals surface area (Å²) in [5.74, 6) is -0.149. The molecule has 1 atom stereocenters. The summed E-state index contributed by atoms with van der Waals surface area (Å²) in [4.78, 5) is 11.8. The third-order valence-electron chi connectivity index (χ3n) is 2.26. The van der Waals surface area contributed by atoms with Gasteiger partial charge in [-0.1, -0.05) is 30.3 Å². The van der Waals surface area contributed by atoms with Gasteiger partial charge in [0.1, 0.15) is 5.54 Å². The Kier molecular flexibility index (Phi) is 5.48. The van der Waals surface area contributed by atoms with E-state index < -0.39 is 5.54 Å². The van der Waals surface area contributed by atoms with E-state index in [9.17, 15) is 4.79 Å². The number of carbonyl (C=O) groups is 1. The zero-order valence-corrected chi connectivity index (χ0v) is 10.7. The molecule has 0 aromatic heterocycles. The molecule has 16 heavy (non-hydrogen) atoms. The third-order valence-corrected chi connectivity index (χ3v) is 2.26. The second-order valence-electron chi connectivity index (χ2n) is 4.20. The number of halogens is 1. The van der Waals surface area contributed by atoms with Gasteiger partial charge in [0.05, 0.1) is 0 Å². The van der Waals surface area contributed by atoms with Gasteiger partial charge in [-0.3, -0.25) is 4.79 Å². The summed E-state index contributed by atoms with van der Waals surface area (Å²) < 4.78 is 0. The SMILES string of the molecule is CC(C)NC(=O)C(C)(N)c1ccccc1.Cl. The summed E-state index contributed by atoms with van der Waals surface area (Å²) in [7, 11) is 0. The lowest BCUT2D eigenvalue weighted by molar-refractivity contribution is -0.126. The summed E-state index contributed by atoms with van der Waals surface area (Å²) in [6, 6.07) is 9.48. The maximum absolute atomic E-state index is 11.8. The predicted octanol–water partition coefficient (Wildman–Crippen LogP) is 1.81. The maximum atomic E-state index is 11.8. The normalized spacial score (nSPS) is 13.8. The molecule has 90 valence electrons. The number of rotatable bonds is 3. The Hall–Kier alpha value is -1.06. The molecule has 3 nitrogen and oxygen atoms in total. The summed E-state index contributed by atoms with van der Waals surface area (Å²) in [5, 5.41) is 2.82. The molecule has 0 aliphatic carbocycles. The minimum Gasteiger partial charge on any atom is -0.352 e. The summed E-state index contributed by atoms with van der Waals surface area (Å²) >= 11 is 0. The fraction of sp³-hybridized carbons (Fsp3) is 0.417. The van der Waals surface area contributed by atoms with Crippen LogP contribution in [0.5, 0.6) is 0 Å². The van der Waals surface area contributed by atoms with E-state index >= 15 is 0 Å². The maximum Gasteiger partial charge on any atom is 0.244 e. The molecule has 1 unspecified atom stereocenters. The number of nitrogens with two attached hydrogens (primary N) is 1. The standard InChI is InChI=1S/C12H18N2O.ClH/c1-9(2)14-11(15)12(3,13)10-7-5-4-6-8-10;/h4-9H,13H2,1-3H3,(H,14,15);1H. The summed E-state index contributed by atoms with van der Waals surface area (Å²) in [6.07, 6.45) is 0. The van der Waals surface area contributed by atoms with Crippen LogP contribution in [0.2, 0.25) is 0 Å². The Bertz CT molecular complexity index is 336. The van der Waals surface area contributed by atoms with E-state index in [1.807, 2.05) is 44.2 Å². The first-order valence-electron chi connectivity index (χ1n) is 5.10. The van der Waals surface area contributed by atoms with Crippen molar-refractivity contribution in [2.75, 3.05) is 0 Å². The zero-order valence-electron chi connectivity index (χ0n) is 9.86. The van der Waals surface area contributed by atoms with Gasteiger partial charge in [0.15, 0.2) is 0 Å². The molecule has 1 rings (SSSR count). The fourth-order valence-corrected chi connectivity index (χ4v) is 1.33. The number of nitrogens with one attached hydrogen (secondary N) is 1. The number of amides is 1. The van der Waals surface area contributed by atoms with Gasteiger partial charge in [-0.25, -0.2) is 0 Å². The van der Waals surface area contributed by atoms with Gasteiger partial charge in [-0.15, -0.1) is 12.4 Å². The van der Waals surface area contributed by atoms with Crippen molar-refractivity contribution >= 4 is 18.3 Å². The summed E-state index contributed by atoms with van der Waals surface area (Å²) in [5.41, 5.74) is 5.87. The second-order valence-corrected chi connectivity index (χ2v) is 4.20. The molecule has 0 radical (unpaired) electrons.